The lowest BCUT2D eigenvalue weighted by atomic mass is 9.95. The molecule has 0 bridgehead atoms. The molecule has 2 aromatic rings. The summed E-state index contributed by atoms with van der Waals surface area (Å²) in [6.07, 6.45) is 5.60. The topological polar surface area (TPSA) is 94.5 Å². The van der Waals surface area contributed by atoms with Crippen molar-refractivity contribution >= 4 is 11.8 Å². The van der Waals surface area contributed by atoms with Gasteiger partial charge in [-0.15, -0.1) is 0 Å². The van der Waals surface area contributed by atoms with Crippen LogP contribution in [0.3, 0.4) is 0 Å². The van der Waals surface area contributed by atoms with Gasteiger partial charge in [-0.3, -0.25) is 14.5 Å². The van der Waals surface area contributed by atoms with Crippen LogP contribution < -0.4 is 5.32 Å². The number of H-pyrrole nitrogens is 1. The number of nitrogens with zero attached hydrogens (tertiary/aromatic N) is 3. The molecule has 0 unspecified atom stereocenters. The number of furan rings is 1. The number of aromatic amines is 1. The number of aromatic nitrogens is 2. The molecule has 2 fully saturated rings. The summed E-state index contributed by atoms with van der Waals surface area (Å²) >= 11 is 0. The normalized spacial score (nSPS) is 21.7. The Bertz CT molecular complexity index is 808. The number of hydrogen-bond acceptors (Lipinski definition) is 5. The van der Waals surface area contributed by atoms with Gasteiger partial charge in [-0.25, -0.2) is 4.98 Å². The molecule has 4 rings (SSSR count). The van der Waals surface area contributed by atoms with Gasteiger partial charge in [-0.2, -0.15) is 0 Å². The fourth-order valence-electron chi connectivity index (χ4n) is 4.14. The highest BCUT2D eigenvalue weighted by Crippen LogP contribution is 2.26. The number of hydrogen-bond donors (Lipinski definition) is 2. The van der Waals surface area contributed by atoms with E-state index in [4.69, 9.17) is 4.42 Å². The number of amides is 2. The van der Waals surface area contributed by atoms with Gasteiger partial charge >= 0.3 is 0 Å². The quantitative estimate of drug-likeness (QED) is 0.812. The molecule has 8 nitrogen and oxygen atoms in total. The zero-order valence-corrected chi connectivity index (χ0v) is 16.2. The Morgan fingerprint density at radius 3 is 2.79 bits per heavy atom. The molecule has 2 aliphatic rings. The van der Waals surface area contributed by atoms with E-state index in [1.807, 2.05) is 35.1 Å². The third-order valence-corrected chi connectivity index (χ3v) is 5.72. The Kier molecular flexibility index (Phi) is 5.47. The number of imidazole rings is 1. The molecule has 4 heterocycles. The van der Waals surface area contributed by atoms with Crippen molar-refractivity contribution in [2.75, 3.05) is 26.2 Å². The molecule has 8 heteroatoms. The number of rotatable bonds is 5. The van der Waals surface area contributed by atoms with E-state index in [0.29, 0.717) is 38.6 Å². The van der Waals surface area contributed by atoms with E-state index in [1.165, 1.54) is 0 Å². The molecule has 0 spiro atoms. The number of carbonyl (C=O) groups excluding carboxylic acids is 2. The van der Waals surface area contributed by atoms with Crippen LogP contribution in [0.5, 0.6) is 0 Å². The Labute approximate surface area is 164 Å². The molecule has 2 aliphatic heterocycles. The third kappa shape index (κ3) is 4.11. The standard InChI is InChI=1S/C20H27N5O3/c1-14-2-3-16(28-14)13-25-11-8-23-20(27)17(25)12-18(26)24-9-4-15(5-10-24)19-21-6-7-22-19/h2-3,6-7,15,17H,4-5,8-13H2,1H3,(H,21,22)(H,23,27)/t17-/m0/s1. The van der Waals surface area contributed by atoms with Gasteiger partial charge in [-0.05, 0) is 31.9 Å². The van der Waals surface area contributed by atoms with Crippen LogP contribution in [0.2, 0.25) is 0 Å². The van der Waals surface area contributed by atoms with Gasteiger partial charge in [0.2, 0.25) is 11.8 Å². The summed E-state index contributed by atoms with van der Waals surface area (Å²) in [5, 5.41) is 2.89. The lowest BCUT2D eigenvalue weighted by Gasteiger charge is -2.36. The van der Waals surface area contributed by atoms with E-state index in [-0.39, 0.29) is 18.2 Å². The van der Waals surface area contributed by atoms with Crippen LogP contribution in [0.25, 0.3) is 0 Å². The van der Waals surface area contributed by atoms with Crippen molar-refractivity contribution in [1.29, 1.82) is 0 Å². The number of piperidine rings is 1. The summed E-state index contributed by atoms with van der Waals surface area (Å²) in [5.74, 6) is 3.01. The van der Waals surface area contributed by atoms with E-state index < -0.39 is 6.04 Å². The predicted molar refractivity (Wildman–Crippen MR) is 102 cm³/mol. The second-order valence-corrected chi connectivity index (χ2v) is 7.62. The Hall–Kier alpha value is -2.61. The number of nitrogens with one attached hydrogen (secondary N) is 2. The van der Waals surface area contributed by atoms with Crippen LogP contribution in [0.15, 0.2) is 28.9 Å². The molecule has 1 atom stereocenters. The van der Waals surface area contributed by atoms with Crippen molar-refractivity contribution < 1.29 is 14.0 Å². The largest absolute Gasteiger partial charge is 0.465 e. The van der Waals surface area contributed by atoms with Crippen molar-refractivity contribution in [2.45, 2.75) is 44.7 Å². The smallest absolute Gasteiger partial charge is 0.237 e. The number of aryl methyl sites for hydroxylation is 1. The maximum atomic E-state index is 12.9. The van der Waals surface area contributed by atoms with Gasteiger partial charge in [0.05, 0.1) is 19.0 Å². The summed E-state index contributed by atoms with van der Waals surface area (Å²) < 4.78 is 5.66. The zero-order valence-electron chi connectivity index (χ0n) is 16.2. The Morgan fingerprint density at radius 2 is 2.11 bits per heavy atom. The van der Waals surface area contributed by atoms with Crippen LogP contribution in [-0.4, -0.2) is 63.8 Å². The second-order valence-electron chi connectivity index (χ2n) is 7.62. The van der Waals surface area contributed by atoms with Crippen LogP contribution in [0.1, 0.15) is 42.5 Å². The first kappa shape index (κ1) is 18.7. The molecule has 2 aromatic heterocycles. The molecule has 0 radical (unpaired) electrons. The van der Waals surface area contributed by atoms with Crippen molar-refractivity contribution in [3.63, 3.8) is 0 Å². The zero-order chi connectivity index (χ0) is 19.5. The second kappa shape index (κ2) is 8.18. The minimum absolute atomic E-state index is 0.0422. The van der Waals surface area contributed by atoms with E-state index in [9.17, 15) is 9.59 Å². The fourth-order valence-corrected chi connectivity index (χ4v) is 4.14. The maximum Gasteiger partial charge on any atom is 0.237 e. The molecule has 2 saturated heterocycles. The van der Waals surface area contributed by atoms with Gasteiger partial charge in [0.25, 0.3) is 0 Å². The average Bonchev–Trinajstić information content (AvgIpc) is 3.36. The van der Waals surface area contributed by atoms with Crippen molar-refractivity contribution in [1.82, 2.24) is 25.1 Å². The van der Waals surface area contributed by atoms with Crippen LogP contribution in [-0.2, 0) is 16.1 Å². The highest BCUT2D eigenvalue weighted by molar-refractivity contribution is 5.88. The summed E-state index contributed by atoms with van der Waals surface area (Å²) in [6.45, 7) is 5.16. The summed E-state index contributed by atoms with van der Waals surface area (Å²) in [6, 6.07) is 3.40. The average molecular weight is 385 g/mol. The van der Waals surface area contributed by atoms with Gasteiger partial charge in [0.15, 0.2) is 0 Å². The highest BCUT2D eigenvalue weighted by Gasteiger charge is 2.34. The minimum Gasteiger partial charge on any atom is -0.465 e. The summed E-state index contributed by atoms with van der Waals surface area (Å²) in [4.78, 5) is 36.8. The Morgan fingerprint density at radius 1 is 1.29 bits per heavy atom. The summed E-state index contributed by atoms with van der Waals surface area (Å²) in [5.41, 5.74) is 0. The molecule has 0 aromatic carbocycles. The minimum atomic E-state index is -0.450. The number of likely N-dealkylation sites (tertiary alicyclic amines) is 1. The fraction of sp³-hybridized carbons (Fsp3) is 0.550. The molecule has 0 aliphatic carbocycles. The van der Waals surface area contributed by atoms with Crippen LogP contribution in [0.4, 0.5) is 0 Å². The first-order valence-electron chi connectivity index (χ1n) is 9.94. The van der Waals surface area contributed by atoms with E-state index in [0.717, 1.165) is 30.2 Å². The van der Waals surface area contributed by atoms with Crippen LogP contribution >= 0.6 is 0 Å². The molecule has 2 amide bonds. The maximum absolute atomic E-state index is 12.9. The third-order valence-electron chi connectivity index (χ3n) is 5.72. The highest BCUT2D eigenvalue weighted by atomic mass is 16.3. The predicted octanol–water partition coefficient (Wildman–Crippen LogP) is 1.41. The molecule has 28 heavy (non-hydrogen) atoms. The number of piperazine rings is 1. The van der Waals surface area contributed by atoms with Crippen molar-refractivity contribution in [2.24, 2.45) is 0 Å². The molecular weight excluding hydrogens is 358 g/mol. The van der Waals surface area contributed by atoms with Crippen LogP contribution in [0, 0.1) is 6.92 Å². The summed E-state index contributed by atoms with van der Waals surface area (Å²) in [7, 11) is 0. The molecule has 0 saturated carbocycles. The first-order valence-corrected chi connectivity index (χ1v) is 9.94. The number of carbonyl (C=O) groups is 2. The molecular formula is C20H27N5O3. The molecule has 150 valence electrons. The molecule has 2 N–H and O–H groups in total. The SMILES string of the molecule is Cc1ccc(CN2CCNC(=O)[C@@H]2CC(=O)N2CCC(c3ncc[nH]3)CC2)o1. The van der Waals surface area contributed by atoms with Gasteiger partial charge in [-0.1, -0.05) is 0 Å². The van der Waals surface area contributed by atoms with E-state index in [1.54, 1.807) is 6.20 Å². The van der Waals surface area contributed by atoms with Gasteiger partial charge in [0, 0.05) is 44.5 Å². The van der Waals surface area contributed by atoms with Gasteiger partial charge < -0.3 is 19.6 Å². The van der Waals surface area contributed by atoms with Crippen molar-refractivity contribution in [3.8, 4) is 0 Å². The monoisotopic (exact) mass is 385 g/mol. The van der Waals surface area contributed by atoms with E-state index >= 15 is 0 Å². The lowest BCUT2D eigenvalue weighted by Crippen LogP contribution is -2.56. The Balaban J connectivity index is 1.35. The van der Waals surface area contributed by atoms with Crippen molar-refractivity contribution in [3.05, 3.63) is 41.9 Å². The first-order chi connectivity index (χ1) is 13.6. The lowest BCUT2D eigenvalue weighted by molar-refractivity contribution is -0.139. The van der Waals surface area contributed by atoms with E-state index in [2.05, 4.69) is 15.3 Å². The van der Waals surface area contributed by atoms with Gasteiger partial charge in [0.1, 0.15) is 17.3 Å².